The van der Waals surface area contributed by atoms with Gasteiger partial charge < -0.3 is 10.2 Å². The summed E-state index contributed by atoms with van der Waals surface area (Å²) in [5.74, 6) is -5.20. The van der Waals surface area contributed by atoms with Crippen molar-refractivity contribution in [2.45, 2.75) is 12.2 Å². The van der Waals surface area contributed by atoms with Gasteiger partial charge in [-0.05, 0) is 6.92 Å². The third-order valence-electron chi connectivity index (χ3n) is 1.41. The van der Waals surface area contributed by atoms with Crippen molar-refractivity contribution in [2.24, 2.45) is 5.92 Å². The second-order valence-corrected chi connectivity index (χ2v) is 3.94. The first-order valence-corrected chi connectivity index (χ1v) is 4.60. The molecule has 0 amide bonds. The zero-order chi connectivity index (χ0) is 10.8. The van der Waals surface area contributed by atoms with Crippen LogP contribution in [-0.2, 0) is 19.7 Å². The largest absolute Gasteiger partial charge is 0.481 e. The van der Waals surface area contributed by atoms with Crippen LogP contribution >= 0.6 is 0 Å². The molecule has 2 atom stereocenters. The standard InChI is InChI=1S/C5H8O7S/c1-2(4(6)7)3(5(8)9)13(10,11)12/h2-3H,1H3,(H,6,7)(H,8,9)(H,10,11,12). The van der Waals surface area contributed by atoms with Crippen molar-refractivity contribution in [3.8, 4) is 0 Å². The van der Waals surface area contributed by atoms with Crippen LogP contribution in [-0.4, -0.2) is 40.4 Å². The molecular weight excluding hydrogens is 204 g/mol. The summed E-state index contributed by atoms with van der Waals surface area (Å²) in [6, 6.07) is 0. The Morgan fingerprint density at radius 1 is 1.15 bits per heavy atom. The van der Waals surface area contributed by atoms with Crippen molar-refractivity contribution >= 4 is 22.1 Å². The highest BCUT2D eigenvalue weighted by molar-refractivity contribution is 7.87. The van der Waals surface area contributed by atoms with E-state index in [1.54, 1.807) is 0 Å². The van der Waals surface area contributed by atoms with Crippen molar-refractivity contribution in [2.75, 3.05) is 0 Å². The van der Waals surface area contributed by atoms with E-state index in [1.807, 2.05) is 0 Å². The third-order valence-corrected chi connectivity index (χ3v) is 2.66. The second kappa shape index (κ2) is 3.71. The lowest BCUT2D eigenvalue weighted by molar-refractivity contribution is -0.147. The van der Waals surface area contributed by atoms with E-state index in [1.165, 1.54) is 0 Å². The topological polar surface area (TPSA) is 129 Å². The van der Waals surface area contributed by atoms with Gasteiger partial charge in [0.15, 0.2) is 5.25 Å². The Morgan fingerprint density at radius 2 is 1.54 bits per heavy atom. The normalized spacial score (nSPS) is 16.2. The molecule has 0 radical (unpaired) electrons. The molecular formula is C5H8O7S. The number of aliphatic carboxylic acids is 2. The van der Waals surface area contributed by atoms with E-state index in [0.717, 1.165) is 6.92 Å². The van der Waals surface area contributed by atoms with Crippen LogP contribution in [0, 0.1) is 5.92 Å². The van der Waals surface area contributed by atoms with E-state index >= 15 is 0 Å². The molecule has 8 heteroatoms. The first kappa shape index (κ1) is 11.8. The van der Waals surface area contributed by atoms with Crippen LogP contribution < -0.4 is 0 Å². The van der Waals surface area contributed by atoms with E-state index in [0.29, 0.717) is 0 Å². The Kier molecular flexibility index (Phi) is 3.38. The minimum absolute atomic E-state index is 0.884. The van der Waals surface area contributed by atoms with Gasteiger partial charge in [0.2, 0.25) is 0 Å². The molecule has 7 nitrogen and oxygen atoms in total. The van der Waals surface area contributed by atoms with Crippen LogP contribution in [0.15, 0.2) is 0 Å². The maximum absolute atomic E-state index is 10.4. The van der Waals surface area contributed by atoms with Crippen LogP contribution in [0.4, 0.5) is 0 Å². The van der Waals surface area contributed by atoms with E-state index in [-0.39, 0.29) is 0 Å². The number of rotatable bonds is 4. The lowest BCUT2D eigenvalue weighted by Gasteiger charge is -2.12. The molecule has 0 rings (SSSR count). The fraction of sp³-hybridized carbons (Fsp3) is 0.600. The minimum atomic E-state index is -4.89. The van der Waals surface area contributed by atoms with Crippen molar-refractivity contribution in [1.82, 2.24) is 0 Å². The van der Waals surface area contributed by atoms with Crippen molar-refractivity contribution in [3.63, 3.8) is 0 Å². The maximum Gasteiger partial charge on any atom is 0.325 e. The maximum atomic E-state index is 10.4. The summed E-state index contributed by atoms with van der Waals surface area (Å²) in [4.78, 5) is 20.5. The first-order chi connectivity index (χ1) is 5.68. The van der Waals surface area contributed by atoms with Crippen LogP contribution in [0.5, 0.6) is 0 Å². The SMILES string of the molecule is CC(C(=O)O)C(C(=O)O)S(=O)(=O)O. The molecule has 0 aromatic carbocycles. The predicted octanol–water partition coefficient (Wildman–Crippen LogP) is -0.952. The summed E-state index contributed by atoms with van der Waals surface area (Å²) in [5, 5.41) is 14.3. The zero-order valence-electron chi connectivity index (χ0n) is 6.54. The van der Waals surface area contributed by atoms with E-state index in [4.69, 9.17) is 14.8 Å². The molecule has 13 heavy (non-hydrogen) atoms. The van der Waals surface area contributed by atoms with Gasteiger partial charge in [0.25, 0.3) is 10.1 Å². The van der Waals surface area contributed by atoms with Gasteiger partial charge in [0, 0.05) is 0 Å². The van der Waals surface area contributed by atoms with Gasteiger partial charge in [-0.15, -0.1) is 0 Å². The van der Waals surface area contributed by atoms with Gasteiger partial charge in [0.05, 0.1) is 5.92 Å². The highest BCUT2D eigenvalue weighted by Gasteiger charge is 2.40. The smallest absolute Gasteiger partial charge is 0.325 e. The number of carboxylic acid groups (broad SMARTS) is 2. The Morgan fingerprint density at radius 3 is 1.62 bits per heavy atom. The van der Waals surface area contributed by atoms with Gasteiger partial charge in [-0.1, -0.05) is 0 Å². The zero-order valence-corrected chi connectivity index (χ0v) is 7.35. The van der Waals surface area contributed by atoms with E-state index in [2.05, 4.69) is 0 Å². The molecule has 0 aliphatic carbocycles. The molecule has 0 aromatic rings. The summed E-state index contributed by atoms with van der Waals surface area (Å²) in [6.45, 7) is 0.884. The molecule has 0 fully saturated rings. The van der Waals surface area contributed by atoms with E-state index < -0.39 is 33.2 Å². The summed E-state index contributed by atoms with van der Waals surface area (Å²) >= 11 is 0. The molecule has 76 valence electrons. The average Bonchev–Trinajstić information content (AvgIpc) is 1.82. The van der Waals surface area contributed by atoms with Crippen LogP contribution in [0.1, 0.15) is 6.92 Å². The number of carbonyl (C=O) groups is 2. The molecule has 0 bridgehead atoms. The third kappa shape index (κ3) is 2.99. The molecule has 3 N–H and O–H groups in total. The molecule has 0 heterocycles. The quantitative estimate of drug-likeness (QED) is 0.512. The van der Waals surface area contributed by atoms with Gasteiger partial charge in [-0.3, -0.25) is 14.1 Å². The Hall–Kier alpha value is -1.15. The molecule has 0 saturated heterocycles. The van der Waals surface area contributed by atoms with Gasteiger partial charge in [-0.2, -0.15) is 8.42 Å². The summed E-state index contributed by atoms with van der Waals surface area (Å²) in [7, 11) is -4.89. The summed E-state index contributed by atoms with van der Waals surface area (Å²) in [6.07, 6.45) is 0. The van der Waals surface area contributed by atoms with E-state index in [9.17, 15) is 18.0 Å². The Labute approximate surface area is 73.7 Å². The van der Waals surface area contributed by atoms with Gasteiger partial charge in [0.1, 0.15) is 0 Å². The predicted molar refractivity (Wildman–Crippen MR) is 39.8 cm³/mol. The summed E-state index contributed by atoms with van der Waals surface area (Å²) in [5.41, 5.74) is 0. The number of carboxylic acids is 2. The molecule has 0 aromatic heterocycles. The summed E-state index contributed by atoms with van der Waals surface area (Å²) < 4.78 is 29.3. The Balaban J connectivity index is 5.07. The molecule has 2 unspecified atom stereocenters. The fourth-order valence-corrected chi connectivity index (χ4v) is 1.62. The molecule has 0 aliphatic rings. The van der Waals surface area contributed by atoms with Crippen molar-refractivity contribution < 1.29 is 32.8 Å². The van der Waals surface area contributed by atoms with Gasteiger partial charge in [-0.25, -0.2) is 0 Å². The van der Waals surface area contributed by atoms with Gasteiger partial charge >= 0.3 is 11.9 Å². The monoisotopic (exact) mass is 212 g/mol. The second-order valence-electron chi connectivity index (χ2n) is 2.40. The molecule has 0 saturated carbocycles. The van der Waals surface area contributed by atoms with Crippen LogP contribution in [0.2, 0.25) is 0 Å². The fourth-order valence-electron chi connectivity index (χ4n) is 0.729. The first-order valence-electron chi connectivity index (χ1n) is 3.10. The lowest BCUT2D eigenvalue weighted by atomic mass is 10.1. The van der Waals surface area contributed by atoms with Crippen LogP contribution in [0.3, 0.4) is 0 Å². The molecule has 0 aliphatic heterocycles. The number of hydrogen-bond acceptors (Lipinski definition) is 4. The van der Waals surface area contributed by atoms with Crippen molar-refractivity contribution in [3.05, 3.63) is 0 Å². The minimum Gasteiger partial charge on any atom is -0.481 e. The lowest BCUT2D eigenvalue weighted by Crippen LogP contribution is -2.39. The molecule has 0 spiro atoms. The highest BCUT2D eigenvalue weighted by atomic mass is 32.2. The number of hydrogen-bond donors (Lipinski definition) is 3. The average molecular weight is 212 g/mol. The Bertz CT molecular complexity index is 316. The van der Waals surface area contributed by atoms with Crippen LogP contribution in [0.25, 0.3) is 0 Å². The van der Waals surface area contributed by atoms with Crippen molar-refractivity contribution in [1.29, 1.82) is 0 Å². The highest BCUT2D eigenvalue weighted by Crippen LogP contribution is 2.12.